The predicted octanol–water partition coefficient (Wildman–Crippen LogP) is 7.94. The molecule has 3 heteroatoms. The summed E-state index contributed by atoms with van der Waals surface area (Å²) in [5.41, 5.74) is 13.6. The highest BCUT2D eigenvalue weighted by molar-refractivity contribution is 5.99. The monoisotopic (exact) mass is 459 g/mol. The van der Waals surface area contributed by atoms with Crippen LogP contribution in [0.15, 0.2) is 18.2 Å². The van der Waals surface area contributed by atoms with Crippen LogP contribution in [-0.2, 0) is 5.41 Å². The van der Waals surface area contributed by atoms with Crippen LogP contribution in [0.1, 0.15) is 135 Å². The molecule has 0 saturated heterocycles. The Kier molecular flexibility index (Phi) is 2.93. The molecule has 0 amide bonds. The van der Waals surface area contributed by atoms with Gasteiger partial charge in [0.25, 0.3) is 0 Å². The molecule has 0 radical (unpaired) electrons. The average molecular weight is 460 g/mol. The first kappa shape index (κ1) is 18.8. The molecular formula is C32H33N3. The Morgan fingerprint density at radius 1 is 0.743 bits per heavy atom. The summed E-state index contributed by atoms with van der Waals surface area (Å²) < 4.78 is 2.58. The van der Waals surface area contributed by atoms with Crippen molar-refractivity contribution in [3.63, 3.8) is 0 Å². The van der Waals surface area contributed by atoms with E-state index in [-0.39, 0.29) is 10.8 Å². The second-order valence-corrected chi connectivity index (χ2v) is 13.9. The van der Waals surface area contributed by atoms with E-state index in [9.17, 15) is 0 Å². The molecule has 5 aliphatic carbocycles. The van der Waals surface area contributed by atoms with Gasteiger partial charge in [-0.25, -0.2) is 9.97 Å². The van der Waals surface area contributed by atoms with Crippen LogP contribution in [0.25, 0.3) is 27.6 Å². The van der Waals surface area contributed by atoms with Gasteiger partial charge < -0.3 is 0 Å². The normalized spacial score (nSPS) is 36.7. The molecule has 1 unspecified atom stereocenters. The number of fused-ring (bicyclic) bond motifs is 17. The zero-order chi connectivity index (χ0) is 23.0. The first-order valence-electron chi connectivity index (χ1n) is 14.3. The summed E-state index contributed by atoms with van der Waals surface area (Å²) in [4.78, 5) is 11.1. The van der Waals surface area contributed by atoms with Gasteiger partial charge in [-0.1, -0.05) is 20.8 Å². The van der Waals surface area contributed by atoms with Gasteiger partial charge in [0.15, 0.2) is 0 Å². The maximum Gasteiger partial charge on any atom is 0.148 e. The molecular weight excluding hydrogens is 426 g/mol. The van der Waals surface area contributed by atoms with Crippen molar-refractivity contribution in [3.8, 4) is 0 Å². The molecule has 2 aromatic heterocycles. The summed E-state index contributed by atoms with van der Waals surface area (Å²) >= 11 is 0. The van der Waals surface area contributed by atoms with Gasteiger partial charge in [-0.2, -0.15) is 0 Å². The van der Waals surface area contributed by atoms with Crippen LogP contribution in [-0.4, -0.2) is 14.4 Å². The smallest absolute Gasteiger partial charge is 0.148 e. The Bertz CT molecular complexity index is 1690. The minimum Gasteiger partial charge on any atom is -0.279 e. The molecule has 3 nitrogen and oxygen atoms in total. The van der Waals surface area contributed by atoms with Crippen molar-refractivity contribution in [2.45, 2.75) is 107 Å². The zero-order valence-corrected chi connectivity index (χ0v) is 21.1. The van der Waals surface area contributed by atoms with Crippen LogP contribution in [0.3, 0.4) is 0 Å². The maximum atomic E-state index is 5.62. The lowest BCUT2D eigenvalue weighted by molar-refractivity contribution is 0.193. The molecule has 3 saturated carbocycles. The third kappa shape index (κ3) is 1.84. The number of rotatable bonds is 0. The van der Waals surface area contributed by atoms with E-state index in [1.807, 2.05) is 0 Å². The molecule has 35 heavy (non-hydrogen) atoms. The number of imidazole rings is 1. The van der Waals surface area contributed by atoms with Gasteiger partial charge in [-0.05, 0) is 132 Å². The van der Waals surface area contributed by atoms with Gasteiger partial charge in [0.2, 0.25) is 0 Å². The molecule has 1 aliphatic heterocycles. The van der Waals surface area contributed by atoms with Gasteiger partial charge >= 0.3 is 0 Å². The van der Waals surface area contributed by atoms with E-state index in [0.717, 1.165) is 23.7 Å². The van der Waals surface area contributed by atoms with Crippen molar-refractivity contribution in [2.75, 3.05) is 0 Å². The summed E-state index contributed by atoms with van der Waals surface area (Å²) in [5.74, 6) is 4.97. The third-order valence-corrected chi connectivity index (χ3v) is 12.6. The van der Waals surface area contributed by atoms with Crippen LogP contribution in [0.4, 0.5) is 0 Å². The molecule has 10 rings (SSSR count). The average Bonchev–Trinajstić information content (AvgIpc) is 3.66. The summed E-state index contributed by atoms with van der Waals surface area (Å²) in [7, 11) is 0. The molecule has 6 bridgehead atoms. The number of nitrogens with zero attached hydrogens (tertiary/aromatic N) is 3. The predicted molar refractivity (Wildman–Crippen MR) is 140 cm³/mol. The van der Waals surface area contributed by atoms with Crippen LogP contribution in [0, 0.1) is 5.41 Å². The summed E-state index contributed by atoms with van der Waals surface area (Å²) in [6, 6.07) is 7.52. The van der Waals surface area contributed by atoms with E-state index >= 15 is 0 Å². The van der Waals surface area contributed by atoms with Gasteiger partial charge in [0.1, 0.15) is 11.5 Å². The first-order chi connectivity index (χ1) is 16.9. The molecule has 3 heterocycles. The van der Waals surface area contributed by atoms with Crippen LogP contribution < -0.4 is 0 Å². The minimum atomic E-state index is 0.0548. The number of benzene rings is 2. The Hall–Kier alpha value is -2.42. The highest BCUT2D eigenvalue weighted by atomic mass is 15.1. The van der Waals surface area contributed by atoms with E-state index < -0.39 is 0 Å². The van der Waals surface area contributed by atoms with E-state index in [0.29, 0.717) is 5.92 Å². The van der Waals surface area contributed by atoms with Gasteiger partial charge in [0.05, 0.1) is 16.6 Å². The Morgan fingerprint density at radius 3 is 2.26 bits per heavy atom. The first-order valence-corrected chi connectivity index (χ1v) is 14.3. The van der Waals surface area contributed by atoms with Crippen LogP contribution >= 0.6 is 0 Å². The largest absolute Gasteiger partial charge is 0.279 e. The molecule has 4 aromatic rings. The second kappa shape index (κ2) is 5.45. The van der Waals surface area contributed by atoms with Crippen LogP contribution in [0.2, 0.25) is 0 Å². The van der Waals surface area contributed by atoms with E-state index in [1.54, 1.807) is 27.8 Å². The fraction of sp³-hybridized carbons (Fsp3) is 0.562. The molecule has 3 fully saturated rings. The summed E-state index contributed by atoms with van der Waals surface area (Å²) in [6.07, 6.45) is 10.8. The molecule has 0 spiro atoms. The third-order valence-electron chi connectivity index (χ3n) is 12.6. The Balaban J connectivity index is 1.43. The van der Waals surface area contributed by atoms with Crippen molar-refractivity contribution in [2.24, 2.45) is 5.41 Å². The molecule has 176 valence electrons. The lowest BCUT2D eigenvalue weighted by Gasteiger charge is -2.40. The Labute approximate surface area is 206 Å². The van der Waals surface area contributed by atoms with Crippen molar-refractivity contribution in [1.29, 1.82) is 0 Å². The summed E-state index contributed by atoms with van der Waals surface area (Å²) in [5, 5.41) is 1.30. The fourth-order valence-electron chi connectivity index (χ4n) is 10.5. The minimum absolute atomic E-state index is 0.0548. The number of hydrogen-bond acceptors (Lipinski definition) is 2. The van der Waals surface area contributed by atoms with Gasteiger partial charge in [0, 0.05) is 10.8 Å². The van der Waals surface area contributed by atoms with Crippen molar-refractivity contribution in [1.82, 2.24) is 14.4 Å². The fourth-order valence-corrected chi connectivity index (χ4v) is 10.5. The standard InChI is InChI=1S/C32H33N3/c1-31(2)23-8-9-32(31,3)30-34-24-13-20-16-5-4-15(10-16)19(20)12-22(24)29-33-25-14-21-17-6-7-18(11-17)26(21)27(23)28(25)35(29)30/h12-18,23H,4-11H2,1-3H3/t15-,16+,17-,18+,23?,32+/m1/s1. The van der Waals surface area contributed by atoms with E-state index in [2.05, 4.69) is 43.4 Å². The number of hydrogen-bond donors (Lipinski definition) is 0. The lowest BCUT2D eigenvalue weighted by Crippen LogP contribution is -2.38. The maximum absolute atomic E-state index is 5.62. The quantitative estimate of drug-likeness (QED) is 0.267. The van der Waals surface area contributed by atoms with E-state index in [1.165, 1.54) is 84.8 Å². The molecule has 6 aliphatic rings. The topological polar surface area (TPSA) is 30.2 Å². The highest BCUT2D eigenvalue weighted by Gasteiger charge is 2.58. The Morgan fingerprint density at radius 2 is 1.43 bits per heavy atom. The van der Waals surface area contributed by atoms with Crippen molar-refractivity contribution in [3.05, 3.63) is 51.8 Å². The molecule has 0 N–H and O–H groups in total. The highest BCUT2D eigenvalue weighted by Crippen LogP contribution is 2.66. The van der Waals surface area contributed by atoms with E-state index in [4.69, 9.17) is 9.97 Å². The lowest BCUT2D eigenvalue weighted by atomic mass is 9.63. The molecule has 6 atom stereocenters. The zero-order valence-electron chi connectivity index (χ0n) is 21.1. The summed E-state index contributed by atoms with van der Waals surface area (Å²) in [6.45, 7) is 7.64. The molecule has 2 aromatic carbocycles. The van der Waals surface area contributed by atoms with Gasteiger partial charge in [-0.15, -0.1) is 0 Å². The SMILES string of the molecule is CC1(C)C2CC[C@@]1(C)c1nc3cc4c(cc3c3nc5cc6c(c2c5n13)[C@H]1CC[C@@H]6C1)[C@@H]1CC[C@H]4C1. The van der Waals surface area contributed by atoms with Crippen molar-refractivity contribution >= 4 is 27.6 Å². The van der Waals surface area contributed by atoms with Crippen LogP contribution in [0.5, 0.6) is 0 Å². The number of aromatic nitrogens is 3. The second-order valence-electron chi connectivity index (χ2n) is 13.9. The van der Waals surface area contributed by atoms with Gasteiger partial charge in [-0.3, -0.25) is 4.40 Å². The van der Waals surface area contributed by atoms with Crippen molar-refractivity contribution < 1.29 is 0 Å².